The fraction of sp³-hybridized carbons (Fsp3) is 0.438. The summed E-state index contributed by atoms with van der Waals surface area (Å²) in [6.07, 6.45) is 2.96. The predicted octanol–water partition coefficient (Wildman–Crippen LogP) is 4.21. The van der Waals surface area contributed by atoms with Gasteiger partial charge in [-0.2, -0.15) is 0 Å². The number of hydrogen-bond donors (Lipinski definition) is 0. The van der Waals surface area contributed by atoms with Crippen LogP contribution >= 0.6 is 15.9 Å². The first-order valence-electron chi connectivity index (χ1n) is 6.95. The molecule has 0 heterocycles. The summed E-state index contributed by atoms with van der Waals surface area (Å²) in [5.41, 5.74) is 0.828. The number of carbonyl (C=O) groups excluding carboxylic acids is 1. The number of esters is 1. The van der Waals surface area contributed by atoms with Gasteiger partial charge in [0.25, 0.3) is 0 Å². The number of benzene rings is 1. The number of rotatable bonds is 7. The Morgan fingerprint density at radius 2 is 1.90 bits per heavy atom. The van der Waals surface area contributed by atoms with Crippen LogP contribution in [0.5, 0.6) is 11.5 Å². The molecule has 0 aliphatic carbocycles. The summed E-state index contributed by atoms with van der Waals surface area (Å²) in [6, 6.07) is 3.70. The lowest BCUT2D eigenvalue weighted by atomic mass is 10.2. The van der Waals surface area contributed by atoms with Gasteiger partial charge < -0.3 is 14.2 Å². The Bertz CT molecular complexity index is 509. The third-order valence-electron chi connectivity index (χ3n) is 2.38. The molecule has 0 saturated heterocycles. The van der Waals surface area contributed by atoms with Crippen LogP contribution in [0.4, 0.5) is 0 Å². The van der Waals surface area contributed by atoms with Crippen LogP contribution < -0.4 is 9.47 Å². The SMILES string of the molecule is CCOc1cc(/C=C/C(=O)OC(C)C)cc(Br)c1OCC. The van der Waals surface area contributed by atoms with Gasteiger partial charge in [-0.25, -0.2) is 4.79 Å². The van der Waals surface area contributed by atoms with Crippen LogP contribution in [0.15, 0.2) is 22.7 Å². The number of hydrogen-bond acceptors (Lipinski definition) is 4. The second-order valence-electron chi connectivity index (χ2n) is 4.51. The lowest BCUT2D eigenvalue weighted by Gasteiger charge is -2.13. The molecule has 1 rings (SSSR count). The smallest absolute Gasteiger partial charge is 0.331 e. The van der Waals surface area contributed by atoms with Crippen LogP contribution in [-0.2, 0) is 9.53 Å². The van der Waals surface area contributed by atoms with Gasteiger partial charge >= 0.3 is 5.97 Å². The lowest BCUT2D eigenvalue weighted by Crippen LogP contribution is -2.08. The molecular weight excluding hydrogens is 336 g/mol. The van der Waals surface area contributed by atoms with Gasteiger partial charge in [-0.15, -0.1) is 0 Å². The second-order valence-corrected chi connectivity index (χ2v) is 5.37. The number of halogens is 1. The average molecular weight is 357 g/mol. The highest BCUT2D eigenvalue weighted by Gasteiger charge is 2.11. The van der Waals surface area contributed by atoms with E-state index in [-0.39, 0.29) is 12.1 Å². The summed E-state index contributed by atoms with van der Waals surface area (Å²) in [5.74, 6) is 0.944. The van der Waals surface area contributed by atoms with Gasteiger partial charge in [-0.1, -0.05) is 0 Å². The molecule has 0 N–H and O–H groups in total. The molecule has 0 aliphatic rings. The van der Waals surface area contributed by atoms with Crippen molar-refractivity contribution in [2.75, 3.05) is 13.2 Å². The molecule has 0 aliphatic heterocycles. The third kappa shape index (κ3) is 5.79. The molecule has 1 aromatic rings. The molecule has 0 fully saturated rings. The van der Waals surface area contributed by atoms with Gasteiger partial charge in [-0.05, 0) is 67.4 Å². The van der Waals surface area contributed by atoms with E-state index in [1.807, 2.05) is 39.8 Å². The average Bonchev–Trinajstić information content (AvgIpc) is 2.40. The number of carbonyl (C=O) groups is 1. The molecule has 0 bridgehead atoms. The standard InChI is InChI=1S/C16H21BrO4/c1-5-19-14-10-12(7-8-15(18)21-11(3)4)9-13(17)16(14)20-6-2/h7-11H,5-6H2,1-4H3/b8-7+. The van der Waals surface area contributed by atoms with E-state index in [9.17, 15) is 4.79 Å². The minimum absolute atomic E-state index is 0.131. The Morgan fingerprint density at radius 1 is 1.24 bits per heavy atom. The van der Waals surface area contributed by atoms with Gasteiger partial charge in [0.15, 0.2) is 11.5 Å². The summed E-state index contributed by atoms with van der Waals surface area (Å²) in [4.78, 5) is 11.5. The van der Waals surface area contributed by atoms with E-state index >= 15 is 0 Å². The molecule has 116 valence electrons. The van der Waals surface area contributed by atoms with Gasteiger partial charge in [-0.3, -0.25) is 0 Å². The summed E-state index contributed by atoms with van der Waals surface area (Å²) in [7, 11) is 0. The first kappa shape index (κ1) is 17.6. The molecule has 5 heteroatoms. The normalized spacial score (nSPS) is 11.0. The zero-order chi connectivity index (χ0) is 15.8. The quantitative estimate of drug-likeness (QED) is 0.542. The summed E-state index contributed by atoms with van der Waals surface area (Å²) in [6.45, 7) is 8.53. The Hall–Kier alpha value is -1.49. The topological polar surface area (TPSA) is 44.8 Å². The van der Waals surface area contributed by atoms with Crippen molar-refractivity contribution < 1.29 is 19.0 Å². The zero-order valence-electron chi connectivity index (χ0n) is 12.8. The van der Waals surface area contributed by atoms with Crippen molar-refractivity contribution in [2.24, 2.45) is 0 Å². The van der Waals surface area contributed by atoms with Crippen molar-refractivity contribution in [3.05, 3.63) is 28.2 Å². The van der Waals surface area contributed by atoms with Crippen LogP contribution in [0, 0.1) is 0 Å². The van der Waals surface area contributed by atoms with Crippen LogP contribution in [0.25, 0.3) is 6.08 Å². The Labute approximate surface area is 134 Å². The fourth-order valence-electron chi connectivity index (χ4n) is 1.67. The summed E-state index contributed by atoms with van der Waals surface area (Å²) < 4.78 is 17.0. The molecule has 0 radical (unpaired) electrons. The van der Waals surface area contributed by atoms with E-state index in [1.165, 1.54) is 6.08 Å². The van der Waals surface area contributed by atoms with Crippen molar-refractivity contribution in [3.63, 3.8) is 0 Å². The van der Waals surface area contributed by atoms with E-state index in [1.54, 1.807) is 6.08 Å². The fourth-order valence-corrected chi connectivity index (χ4v) is 2.24. The molecule has 0 aromatic heterocycles. The summed E-state index contributed by atoms with van der Waals surface area (Å²) in [5, 5.41) is 0. The van der Waals surface area contributed by atoms with Gasteiger partial charge in [0, 0.05) is 6.08 Å². The monoisotopic (exact) mass is 356 g/mol. The van der Waals surface area contributed by atoms with Crippen molar-refractivity contribution >= 4 is 28.0 Å². The maximum atomic E-state index is 11.5. The molecular formula is C16H21BrO4. The number of ether oxygens (including phenoxy) is 3. The van der Waals surface area contributed by atoms with Crippen molar-refractivity contribution in [1.29, 1.82) is 0 Å². The van der Waals surface area contributed by atoms with Crippen LogP contribution in [-0.4, -0.2) is 25.3 Å². The molecule has 0 spiro atoms. The van der Waals surface area contributed by atoms with E-state index in [0.717, 1.165) is 10.0 Å². The molecule has 0 amide bonds. The minimum atomic E-state index is -0.368. The Morgan fingerprint density at radius 3 is 2.48 bits per heavy atom. The molecule has 4 nitrogen and oxygen atoms in total. The Balaban J connectivity index is 2.98. The molecule has 21 heavy (non-hydrogen) atoms. The predicted molar refractivity (Wildman–Crippen MR) is 86.7 cm³/mol. The molecule has 0 atom stereocenters. The highest BCUT2D eigenvalue weighted by atomic mass is 79.9. The molecule has 1 aromatic carbocycles. The van der Waals surface area contributed by atoms with E-state index < -0.39 is 0 Å². The van der Waals surface area contributed by atoms with Crippen LogP contribution in [0.3, 0.4) is 0 Å². The summed E-state index contributed by atoms with van der Waals surface area (Å²) >= 11 is 3.46. The minimum Gasteiger partial charge on any atom is -0.490 e. The molecule has 0 unspecified atom stereocenters. The van der Waals surface area contributed by atoms with E-state index in [0.29, 0.717) is 24.7 Å². The maximum absolute atomic E-state index is 11.5. The zero-order valence-corrected chi connectivity index (χ0v) is 14.4. The largest absolute Gasteiger partial charge is 0.490 e. The van der Waals surface area contributed by atoms with Crippen molar-refractivity contribution in [2.45, 2.75) is 33.8 Å². The first-order valence-corrected chi connectivity index (χ1v) is 7.75. The van der Waals surface area contributed by atoms with Crippen molar-refractivity contribution in [3.8, 4) is 11.5 Å². The third-order valence-corrected chi connectivity index (χ3v) is 2.97. The maximum Gasteiger partial charge on any atom is 0.331 e. The molecule has 0 saturated carbocycles. The lowest BCUT2D eigenvalue weighted by molar-refractivity contribution is -0.141. The highest BCUT2D eigenvalue weighted by molar-refractivity contribution is 9.10. The van der Waals surface area contributed by atoms with Crippen LogP contribution in [0.2, 0.25) is 0 Å². The van der Waals surface area contributed by atoms with Crippen molar-refractivity contribution in [1.82, 2.24) is 0 Å². The highest BCUT2D eigenvalue weighted by Crippen LogP contribution is 2.37. The Kier molecular flexibility index (Phi) is 7.29. The first-order chi connectivity index (χ1) is 9.97. The van der Waals surface area contributed by atoms with Gasteiger partial charge in [0.2, 0.25) is 0 Å². The second kappa shape index (κ2) is 8.72. The van der Waals surface area contributed by atoms with E-state index in [4.69, 9.17) is 14.2 Å². The van der Waals surface area contributed by atoms with E-state index in [2.05, 4.69) is 15.9 Å². The van der Waals surface area contributed by atoms with Gasteiger partial charge in [0.05, 0.1) is 23.8 Å². The van der Waals surface area contributed by atoms with Gasteiger partial charge in [0.1, 0.15) is 0 Å². The van der Waals surface area contributed by atoms with Crippen LogP contribution in [0.1, 0.15) is 33.3 Å².